The number of aliphatic hydroxyl groups is 1. The summed E-state index contributed by atoms with van der Waals surface area (Å²) in [5.41, 5.74) is -1.09. The van der Waals surface area contributed by atoms with Crippen LogP contribution in [0.25, 0.3) is 0 Å². The molecule has 2 aromatic rings. The van der Waals surface area contributed by atoms with Gasteiger partial charge in [-0.15, -0.1) is 0 Å². The first-order valence-electron chi connectivity index (χ1n) is 8.86. The number of benzene rings is 1. The number of imidazole rings is 1. The van der Waals surface area contributed by atoms with Crippen LogP contribution in [0.15, 0.2) is 36.5 Å². The van der Waals surface area contributed by atoms with E-state index in [1.54, 1.807) is 6.92 Å². The molecule has 0 radical (unpaired) electrons. The number of hydrogen-bond acceptors (Lipinski definition) is 6. The molecule has 0 spiro atoms. The molecular weight excluding hydrogens is 372 g/mol. The summed E-state index contributed by atoms with van der Waals surface area (Å²) in [6, 6.07) is 9.76. The zero-order valence-corrected chi connectivity index (χ0v) is 15.9. The SMILES string of the molecule is C[C@](O)(CN1CCC(Oc2ccccc2)CC1)Cn1cc([N+](=O)[O-])nc1Cl. The average Bonchev–Trinajstić information content (AvgIpc) is 2.98. The van der Waals surface area contributed by atoms with Gasteiger partial charge < -0.3 is 24.9 Å². The van der Waals surface area contributed by atoms with Gasteiger partial charge in [0.05, 0.1) is 12.1 Å². The number of hydrogen-bond donors (Lipinski definition) is 1. The van der Waals surface area contributed by atoms with Gasteiger partial charge in [-0.05, 0) is 53.4 Å². The van der Waals surface area contributed by atoms with E-state index in [4.69, 9.17) is 16.3 Å². The summed E-state index contributed by atoms with van der Waals surface area (Å²) in [7, 11) is 0. The molecule has 0 saturated carbocycles. The van der Waals surface area contributed by atoms with E-state index in [2.05, 4.69) is 9.88 Å². The van der Waals surface area contributed by atoms with Crippen molar-refractivity contribution >= 4 is 17.4 Å². The monoisotopic (exact) mass is 394 g/mol. The Bertz CT molecular complexity index is 773. The molecule has 9 heteroatoms. The summed E-state index contributed by atoms with van der Waals surface area (Å²) < 4.78 is 7.40. The third-order valence-corrected chi connectivity index (χ3v) is 4.86. The summed E-state index contributed by atoms with van der Waals surface area (Å²) >= 11 is 5.94. The first kappa shape index (κ1) is 19.6. The molecule has 0 bridgehead atoms. The molecule has 1 aliphatic heterocycles. The van der Waals surface area contributed by atoms with E-state index in [1.807, 2.05) is 30.3 Å². The van der Waals surface area contributed by atoms with Crippen molar-refractivity contribution in [2.75, 3.05) is 19.6 Å². The molecule has 0 unspecified atom stereocenters. The molecule has 1 aromatic heterocycles. The van der Waals surface area contributed by atoms with Gasteiger partial charge in [0.2, 0.25) is 0 Å². The highest BCUT2D eigenvalue weighted by Crippen LogP contribution is 2.22. The van der Waals surface area contributed by atoms with Gasteiger partial charge in [-0.2, -0.15) is 0 Å². The predicted octanol–water partition coefficient (Wildman–Crippen LogP) is 2.74. The van der Waals surface area contributed by atoms with Crippen molar-refractivity contribution in [3.8, 4) is 5.75 Å². The van der Waals surface area contributed by atoms with E-state index in [0.29, 0.717) is 6.54 Å². The summed E-state index contributed by atoms with van der Waals surface area (Å²) in [6.07, 6.45) is 3.17. The molecule has 2 heterocycles. The van der Waals surface area contributed by atoms with E-state index in [1.165, 1.54) is 10.8 Å². The minimum Gasteiger partial charge on any atom is -0.490 e. The fraction of sp³-hybridized carbons (Fsp3) is 0.500. The summed E-state index contributed by atoms with van der Waals surface area (Å²) in [4.78, 5) is 16.0. The number of piperidine rings is 1. The van der Waals surface area contributed by atoms with Crippen molar-refractivity contribution in [2.24, 2.45) is 0 Å². The van der Waals surface area contributed by atoms with E-state index in [-0.39, 0.29) is 23.8 Å². The standard InChI is InChI=1S/C18H23ClN4O4/c1-18(24,13-22-11-16(23(25)26)20-17(22)19)12-21-9-7-15(8-10-21)27-14-5-3-2-4-6-14/h2-6,11,15,24H,7-10,12-13H2,1H3/t18-/m0/s1. The van der Waals surface area contributed by atoms with Crippen LogP contribution < -0.4 is 4.74 Å². The zero-order valence-electron chi connectivity index (χ0n) is 15.1. The molecular formula is C18H23ClN4O4. The minimum atomic E-state index is -1.09. The van der Waals surface area contributed by atoms with Crippen LogP contribution in [0.1, 0.15) is 19.8 Å². The maximum Gasteiger partial charge on any atom is 0.383 e. The minimum absolute atomic E-state index is 0.00283. The second-order valence-corrected chi connectivity index (χ2v) is 7.49. The van der Waals surface area contributed by atoms with Crippen LogP contribution in [-0.4, -0.2) is 55.8 Å². The average molecular weight is 395 g/mol. The molecule has 1 N–H and O–H groups in total. The van der Waals surface area contributed by atoms with Gasteiger partial charge in [-0.25, -0.2) is 0 Å². The number of nitrogens with zero attached hydrogens (tertiary/aromatic N) is 4. The fourth-order valence-corrected chi connectivity index (χ4v) is 3.55. The second kappa shape index (κ2) is 8.24. The molecule has 0 amide bonds. The lowest BCUT2D eigenvalue weighted by molar-refractivity contribution is -0.389. The third kappa shape index (κ3) is 5.41. The van der Waals surface area contributed by atoms with E-state index in [0.717, 1.165) is 31.7 Å². The topological polar surface area (TPSA) is 93.7 Å². The first-order valence-corrected chi connectivity index (χ1v) is 9.24. The number of halogens is 1. The lowest BCUT2D eigenvalue weighted by atomic mass is 10.0. The molecule has 0 aliphatic carbocycles. The summed E-state index contributed by atoms with van der Waals surface area (Å²) in [5.74, 6) is 0.550. The van der Waals surface area contributed by atoms with Crippen LogP contribution in [-0.2, 0) is 6.54 Å². The van der Waals surface area contributed by atoms with Crippen LogP contribution in [0.2, 0.25) is 5.28 Å². The van der Waals surface area contributed by atoms with Crippen LogP contribution >= 0.6 is 11.6 Å². The van der Waals surface area contributed by atoms with Gasteiger partial charge >= 0.3 is 11.1 Å². The lowest BCUT2D eigenvalue weighted by Crippen LogP contribution is -2.48. The number of para-hydroxylation sites is 1. The number of nitro groups is 1. The van der Waals surface area contributed by atoms with Crippen LogP contribution in [0.4, 0.5) is 5.82 Å². The van der Waals surface area contributed by atoms with Gasteiger partial charge in [0.25, 0.3) is 0 Å². The van der Waals surface area contributed by atoms with Gasteiger partial charge in [0.1, 0.15) is 18.1 Å². The zero-order chi connectivity index (χ0) is 19.4. The maximum atomic E-state index is 10.8. The molecule has 1 aromatic carbocycles. The van der Waals surface area contributed by atoms with E-state index in [9.17, 15) is 15.2 Å². The second-order valence-electron chi connectivity index (χ2n) is 7.16. The van der Waals surface area contributed by atoms with Crippen molar-refractivity contribution in [1.29, 1.82) is 0 Å². The van der Waals surface area contributed by atoms with E-state index < -0.39 is 10.5 Å². The molecule has 8 nitrogen and oxygen atoms in total. The number of rotatable bonds is 7. The normalized spacial score (nSPS) is 18.2. The highest BCUT2D eigenvalue weighted by molar-refractivity contribution is 6.28. The Morgan fingerprint density at radius 1 is 1.33 bits per heavy atom. The van der Waals surface area contributed by atoms with Crippen molar-refractivity contribution in [1.82, 2.24) is 14.5 Å². The molecule has 27 heavy (non-hydrogen) atoms. The highest BCUT2D eigenvalue weighted by Gasteiger charge is 2.30. The molecule has 146 valence electrons. The summed E-state index contributed by atoms with van der Waals surface area (Å²) in [5, 5.41) is 21.5. The van der Waals surface area contributed by atoms with Crippen LogP contribution in [0, 0.1) is 10.1 Å². The Morgan fingerprint density at radius 3 is 2.59 bits per heavy atom. The number of β-amino-alcohol motifs (C(OH)–C–C–N with tert-alkyl or cyclic N) is 1. The summed E-state index contributed by atoms with van der Waals surface area (Å²) in [6.45, 7) is 3.89. The Morgan fingerprint density at radius 2 is 2.00 bits per heavy atom. The smallest absolute Gasteiger partial charge is 0.383 e. The Kier molecular flexibility index (Phi) is 5.98. The number of aromatic nitrogens is 2. The van der Waals surface area contributed by atoms with Crippen molar-refractivity contribution in [3.63, 3.8) is 0 Å². The predicted molar refractivity (Wildman–Crippen MR) is 101 cm³/mol. The molecule has 3 rings (SSSR count). The molecule has 1 fully saturated rings. The Hall–Kier alpha value is -2.16. The van der Waals surface area contributed by atoms with Crippen LogP contribution in [0.3, 0.4) is 0 Å². The Balaban J connectivity index is 1.51. The van der Waals surface area contributed by atoms with Crippen LogP contribution in [0.5, 0.6) is 5.75 Å². The van der Waals surface area contributed by atoms with Crippen molar-refractivity contribution in [2.45, 2.75) is 38.0 Å². The van der Waals surface area contributed by atoms with Gasteiger partial charge in [0, 0.05) is 19.6 Å². The molecule has 1 atom stereocenters. The third-order valence-electron chi connectivity index (χ3n) is 4.56. The quantitative estimate of drug-likeness (QED) is 0.573. The molecule has 1 aliphatic rings. The molecule has 1 saturated heterocycles. The largest absolute Gasteiger partial charge is 0.490 e. The highest BCUT2D eigenvalue weighted by atomic mass is 35.5. The van der Waals surface area contributed by atoms with Gasteiger partial charge in [-0.3, -0.25) is 4.57 Å². The maximum absolute atomic E-state index is 10.8. The first-order chi connectivity index (χ1) is 12.8. The van der Waals surface area contributed by atoms with Gasteiger partial charge in [0.15, 0.2) is 0 Å². The number of likely N-dealkylation sites (tertiary alicyclic amines) is 1. The Labute approximate surface area is 162 Å². The van der Waals surface area contributed by atoms with Gasteiger partial charge in [-0.1, -0.05) is 18.2 Å². The fourth-order valence-electron chi connectivity index (χ4n) is 3.35. The lowest BCUT2D eigenvalue weighted by Gasteiger charge is -2.36. The van der Waals surface area contributed by atoms with Crippen molar-refractivity contribution < 1.29 is 14.8 Å². The number of ether oxygens (including phenoxy) is 1. The van der Waals surface area contributed by atoms with E-state index >= 15 is 0 Å². The van der Waals surface area contributed by atoms with Crippen molar-refractivity contribution in [3.05, 3.63) is 51.9 Å².